The maximum Gasteiger partial charge on any atom is 0.336 e. The molecule has 0 aliphatic heterocycles. The second-order valence-electron chi connectivity index (χ2n) is 9.79. The van der Waals surface area contributed by atoms with Crippen LogP contribution >= 0.6 is 0 Å². The van der Waals surface area contributed by atoms with Crippen LogP contribution in [0.5, 0.6) is 0 Å². The molecule has 0 bridgehead atoms. The molecule has 2 heterocycles. The van der Waals surface area contributed by atoms with E-state index in [0.717, 1.165) is 5.69 Å². The van der Waals surface area contributed by atoms with E-state index in [9.17, 15) is 19.5 Å². The van der Waals surface area contributed by atoms with E-state index in [1.807, 2.05) is 31.0 Å². The zero-order valence-corrected chi connectivity index (χ0v) is 23.2. The average Bonchev–Trinajstić information content (AvgIpc) is 2.95. The molecule has 2 amide bonds. The van der Waals surface area contributed by atoms with Gasteiger partial charge in [0.15, 0.2) is 17.0 Å². The lowest BCUT2D eigenvalue weighted by atomic mass is 10.1. The Morgan fingerprint density at radius 2 is 1.71 bits per heavy atom. The number of aromatic nitrogens is 4. The highest BCUT2D eigenvalue weighted by atomic mass is 16.4. The highest BCUT2D eigenvalue weighted by Crippen LogP contribution is 2.19. The summed E-state index contributed by atoms with van der Waals surface area (Å²) in [6, 6.07) is 11.1. The predicted molar refractivity (Wildman–Crippen MR) is 159 cm³/mol. The van der Waals surface area contributed by atoms with Crippen LogP contribution in [0.4, 0.5) is 23.1 Å². The number of anilines is 4. The molecule has 0 spiro atoms. The van der Waals surface area contributed by atoms with Crippen molar-refractivity contribution in [1.82, 2.24) is 30.6 Å². The third kappa shape index (κ3) is 7.15. The molecule has 0 radical (unpaired) electrons. The molecule has 4 rings (SSSR count). The number of hydrogen-bond donors (Lipinski definition) is 6. The zero-order chi connectivity index (χ0) is 30.4. The summed E-state index contributed by atoms with van der Waals surface area (Å²) in [5, 5.41) is 15.0. The van der Waals surface area contributed by atoms with E-state index in [1.165, 1.54) is 18.2 Å². The Morgan fingerprint density at radius 3 is 2.43 bits per heavy atom. The molecule has 1 atom stereocenters. The summed E-state index contributed by atoms with van der Waals surface area (Å²) in [7, 11) is 1.89. The Labute approximate surface area is 241 Å². The van der Waals surface area contributed by atoms with Crippen LogP contribution in [0.2, 0.25) is 0 Å². The second kappa shape index (κ2) is 12.8. The lowest BCUT2D eigenvalue weighted by molar-refractivity contribution is 0.0691. The van der Waals surface area contributed by atoms with Crippen molar-refractivity contribution in [3.05, 3.63) is 71.0 Å². The number of rotatable bonds is 11. The van der Waals surface area contributed by atoms with Gasteiger partial charge in [-0.25, -0.2) is 14.8 Å². The van der Waals surface area contributed by atoms with Crippen molar-refractivity contribution in [2.45, 2.75) is 32.4 Å². The number of carbonyl (C=O) groups is 3. The molecule has 0 aliphatic rings. The van der Waals surface area contributed by atoms with Crippen molar-refractivity contribution in [2.75, 3.05) is 35.7 Å². The van der Waals surface area contributed by atoms with Gasteiger partial charge in [-0.15, -0.1) is 0 Å². The number of carboxylic acids is 1. The van der Waals surface area contributed by atoms with Gasteiger partial charge in [-0.2, -0.15) is 9.97 Å². The number of nitrogen functional groups attached to an aromatic ring is 3. The Bertz CT molecular complexity index is 1630. The number of amides is 2. The standard InChI is InChI=1S/C28H32N10O4/c1-15(4-3-11-32-26(40)20-10-7-17(29)12-21(20)27(41)42)34-25(39)16-5-8-19(9-6-16)38(2)14-18-13-33-24-22(35-18)23(30)36-28(31)37-24/h5-10,12-13,15H,3-4,11,14,29H2,1-2H3,(H,32,40)(H,34,39)(H,41,42)(H4,30,31,33,36,37)/t15-/m1/s1. The van der Waals surface area contributed by atoms with Crippen molar-refractivity contribution >= 4 is 52.1 Å². The number of aromatic carboxylic acids is 1. The van der Waals surface area contributed by atoms with Crippen LogP contribution in [-0.2, 0) is 6.54 Å². The molecule has 0 saturated carbocycles. The van der Waals surface area contributed by atoms with Crippen LogP contribution < -0.4 is 32.7 Å². The molecule has 14 nitrogen and oxygen atoms in total. The number of carbonyl (C=O) groups excluding carboxylic acids is 2. The minimum atomic E-state index is -1.23. The molecule has 218 valence electrons. The molecule has 14 heteroatoms. The lowest BCUT2D eigenvalue weighted by Crippen LogP contribution is -2.33. The minimum absolute atomic E-state index is 0.0363. The van der Waals surface area contributed by atoms with E-state index in [4.69, 9.17) is 17.2 Å². The van der Waals surface area contributed by atoms with E-state index < -0.39 is 11.9 Å². The fraction of sp³-hybridized carbons (Fsp3) is 0.250. The summed E-state index contributed by atoms with van der Waals surface area (Å²) in [4.78, 5) is 55.3. The van der Waals surface area contributed by atoms with Gasteiger partial charge in [-0.1, -0.05) is 0 Å². The summed E-state index contributed by atoms with van der Waals surface area (Å²) in [5.74, 6) is -1.74. The van der Waals surface area contributed by atoms with Gasteiger partial charge in [0.25, 0.3) is 11.8 Å². The van der Waals surface area contributed by atoms with Gasteiger partial charge < -0.3 is 37.8 Å². The van der Waals surface area contributed by atoms with Gasteiger partial charge in [0.05, 0.1) is 29.6 Å². The summed E-state index contributed by atoms with van der Waals surface area (Å²) in [6.07, 6.45) is 2.79. The van der Waals surface area contributed by atoms with Crippen LogP contribution in [0.25, 0.3) is 11.2 Å². The van der Waals surface area contributed by atoms with E-state index in [2.05, 4.69) is 30.6 Å². The summed E-state index contributed by atoms with van der Waals surface area (Å²) < 4.78 is 0. The third-order valence-electron chi connectivity index (χ3n) is 6.47. The topological polar surface area (TPSA) is 228 Å². The van der Waals surface area contributed by atoms with Crippen LogP contribution in [0.3, 0.4) is 0 Å². The zero-order valence-electron chi connectivity index (χ0n) is 23.2. The van der Waals surface area contributed by atoms with Crippen molar-refractivity contribution < 1.29 is 19.5 Å². The fourth-order valence-electron chi connectivity index (χ4n) is 4.28. The Morgan fingerprint density at radius 1 is 0.976 bits per heavy atom. The minimum Gasteiger partial charge on any atom is -0.478 e. The van der Waals surface area contributed by atoms with Crippen LogP contribution in [0.1, 0.15) is 56.5 Å². The first kappa shape index (κ1) is 29.5. The van der Waals surface area contributed by atoms with Crippen molar-refractivity contribution in [1.29, 1.82) is 0 Å². The van der Waals surface area contributed by atoms with E-state index in [-0.39, 0.29) is 40.5 Å². The van der Waals surface area contributed by atoms with Gasteiger partial charge in [-0.3, -0.25) is 9.59 Å². The first-order chi connectivity index (χ1) is 20.0. The highest BCUT2D eigenvalue weighted by Gasteiger charge is 2.17. The highest BCUT2D eigenvalue weighted by molar-refractivity contribution is 6.05. The van der Waals surface area contributed by atoms with E-state index in [1.54, 1.807) is 18.3 Å². The monoisotopic (exact) mass is 572 g/mol. The van der Waals surface area contributed by atoms with Crippen LogP contribution in [0.15, 0.2) is 48.7 Å². The van der Waals surface area contributed by atoms with Crippen molar-refractivity contribution in [3.8, 4) is 0 Å². The summed E-state index contributed by atoms with van der Waals surface area (Å²) in [5.41, 5.74) is 20.0. The van der Waals surface area contributed by atoms with E-state index >= 15 is 0 Å². The van der Waals surface area contributed by atoms with Gasteiger partial charge >= 0.3 is 5.97 Å². The quantitative estimate of drug-likeness (QED) is 0.112. The number of nitrogens with two attached hydrogens (primary N) is 3. The second-order valence-corrected chi connectivity index (χ2v) is 9.79. The van der Waals surface area contributed by atoms with Gasteiger partial charge in [0.2, 0.25) is 5.95 Å². The molecular formula is C28H32N10O4. The Balaban J connectivity index is 1.25. The maximum atomic E-state index is 12.8. The first-order valence-corrected chi connectivity index (χ1v) is 13.1. The number of fused-ring (bicyclic) bond motifs is 1. The molecule has 0 fully saturated rings. The first-order valence-electron chi connectivity index (χ1n) is 13.1. The van der Waals surface area contributed by atoms with Crippen LogP contribution in [0, 0.1) is 0 Å². The number of hydrogen-bond acceptors (Lipinski definition) is 11. The van der Waals surface area contributed by atoms with Gasteiger partial charge in [0, 0.05) is 36.6 Å². The SMILES string of the molecule is C[C@H](CCCNC(=O)c1ccc(N)cc1C(=O)O)NC(=O)c1ccc(N(C)Cc2cnc3nc(N)nc(N)c3n2)cc1. The van der Waals surface area contributed by atoms with Crippen molar-refractivity contribution in [2.24, 2.45) is 0 Å². The molecule has 4 aromatic rings. The average molecular weight is 573 g/mol. The largest absolute Gasteiger partial charge is 0.478 e. The van der Waals surface area contributed by atoms with Crippen LogP contribution in [-0.4, -0.2) is 62.5 Å². The molecule has 9 N–H and O–H groups in total. The molecule has 0 saturated heterocycles. The molecule has 42 heavy (non-hydrogen) atoms. The van der Waals surface area contributed by atoms with Gasteiger partial charge in [0.1, 0.15) is 0 Å². The molecule has 0 unspecified atom stereocenters. The number of carboxylic acid groups (broad SMARTS) is 1. The number of nitrogens with zero attached hydrogens (tertiary/aromatic N) is 5. The molecular weight excluding hydrogens is 540 g/mol. The Kier molecular flexibility index (Phi) is 8.95. The lowest BCUT2D eigenvalue weighted by Gasteiger charge is -2.19. The molecule has 2 aromatic heterocycles. The molecule has 0 aliphatic carbocycles. The number of benzene rings is 2. The van der Waals surface area contributed by atoms with Crippen molar-refractivity contribution in [3.63, 3.8) is 0 Å². The maximum absolute atomic E-state index is 12.8. The summed E-state index contributed by atoms with van der Waals surface area (Å²) in [6.45, 7) is 2.63. The fourth-order valence-corrected chi connectivity index (χ4v) is 4.28. The molecule has 2 aromatic carbocycles. The number of nitrogens with one attached hydrogen (secondary N) is 2. The third-order valence-corrected chi connectivity index (χ3v) is 6.47. The van der Waals surface area contributed by atoms with E-state index in [0.29, 0.717) is 48.4 Å². The van der Waals surface area contributed by atoms with Gasteiger partial charge in [-0.05, 0) is 62.2 Å². The summed E-state index contributed by atoms with van der Waals surface area (Å²) >= 11 is 0. The Hall–Kier alpha value is -5.53. The smallest absolute Gasteiger partial charge is 0.336 e. The predicted octanol–water partition coefficient (Wildman–Crippen LogP) is 1.83. The normalized spacial score (nSPS) is 11.6.